The summed E-state index contributed by atoms with van der Waals surface area (Å²) in [4.78, 5) is 4.35. The average Bonchev–Trinajstić information content (AvgIpc) is 2.38. The summed E-state index contributed by atoms with van der Waals surface area (Å²) in [5, 5.41) is 10.3. The molecule has 3 heteroatoms. The third-order valence-electron chi connectivity index (χ3n) is 3.15. The third-order valence-corrected chi connectivity index (χ3v) is 3.15. The summed E-state index contributed by atoms with van der Waals surface area (Å²) in [7, 11) is 0. The zero-order valence-corrected chi connectivity index (χ0v) is 12.1. The number of aliphatic imine (C=N–C) groups is 1. The van der Waals surface area contributed by atoms with Crippen molar-refractivity contribution in [3.05, 3.63) is 53.6 Å². The van der Waals surface area contributed by atoms with Gasteiger partial charge in [0.15, 0.2) is 0 Å². The van der Waals surface area contributed by atoms with Gasteiger partial charge in [0.1, 0.15) is 5.75 Å². The zero-order chi connectivity index (χ0) is 14.8. The molecule has 0 bridgehead atoms. The Hall–Kier alpha value is -2.29. The molecule has 3 N–H and O–H groups in total. The van der Waals surface area contributed by atoms with Crippen LogP contribution in [0.25, 0.3) is 0 Å². The second kappa shape index (κ2) is 5.37. The van der Waals surface area contributed by atoms with Crippen LogP contribution in [-0.4, -0.2) is 11.3 Å². The fraction of sp³-hybridized carbons (Fsp3) is 0.235. The summed E-state index contributed by atoms with van der Waals surface area (Å²) in [6, 6.07) is 13.1. The monoisotopic (exact) mass is 268 g/mol. The third kappa shape index (κ3) is 2.99. The molecule has 3 nitrogen and oxygen atoms in total. The summed E-state index contributed by atoms with van der Waals surface area (Å²) in [5.74, 6) is 0.276. The van der Waals surface area contributed by atoms with E-state index in [0.29, 0.717) is 16.9 Å². The van der Waals surface area contributed by atoms with E-state index in [4.69, 9.17) is 5.73 Å². The SMILES string of the molecule is CC(C)(C)c1cccc(C=Nc2ccccc2N)c1O. The van der Waals surface area contributed by atoms with Crippen LogP contribution in [0.5, 0.6) is 5.75 Å². The molecule has 0 aromatic heterocycles. The molecule has 0 heterocycles. The Balaban J connectivity index is 2.38. The van der Waals surface area contributed by atoms with Crippen molar-refractivity contribution < 1.29 is 5.11 Å². The number of anilines is 1. The minimum absolute atomic E-state index is 0.111. The fourth-order valence-corrected chi connectivity index (χ4v) is 2.01. The Morgan fingerprint density at radius 1 is 1.05 bits per heavy atom. The molecule has 2 rings (SSSR count). The summed E-state index contributed by atoms with van der Waals surface area (Å²) < 4.78 is 0. The molecule has 0 amide bonds. The van der Waals surface area contributed by atoms with E-state index in [1.807, 2.05) is 36.4 Å². The van der Waals surface area contributed by atoms with E-state index in [-0.39, 0.29) is 11.2 Å². The molecule has 0 spiro atoms. The lowest BCUT2D eigenvalue weighted by Crippen LogP contribution is -2.11. The van der Waals surface area contributed by atoms with Crippen molar-refractivity contribution in [2.45, 2.75) is 26.2 Å². The molecule has 20 heavy (non-hydrogen) atoms. The van der Waals surface area contributed by atoms with Gasteiger partial charge in [-0.2, -0.15) is 0 Å². The highest BCUT2D eigenvalue weighted by molar-refractivity contribution is 5.87. The van der Waals surface area contributed by atoms with Crippen LogP contribution in [0.3, 0.4) is 0 Å². The number of phenolic OH excluding ortho intramolecular Hbond substituents is 1. The molecular weight excluding hydrogens is 248 g/mol. The Kier molecular flexibility index (Phi) is 3.79. The lowest BCUT2D eigenvalue weighted by molar-refractivity contribution is 0.446. The quantitative estimate of drug-likeness (QED) is 0.638. The topological polar surface area (TPSA) is 58.6 Å². The van der Waals surface area contributed by atoms with Crippen LogP contribution in [0.1, 0.15) is 31.9 Å². The highest BCUT2D eigenvalue weighted by atomic mass is 16.3. The largest absolute Gasteiger partial charge is 0.507 e. The molecule has 104 valence electrons. The number of para-hydroxylation sites is 3. The number of benzene rings is 2. The summed E-state index contributed by atoms with van der Waals surface area (Å²) >= 11 is 0. The van der Waals surface area contributed by atoms with Gasteiger partial charge in [-0.1, -0.05) is 45.0 Å². The molecular formula is C17H20N2O. The van der Waals surface area contributed by atoms with Gasteiger partial charge >= 0.3 is 0 Å². The highest BCUT2D eigenvalue weighted by Gasteiger charge is 2.19. The average molecular weight is 268 g/mol. The number of nitrogen functional groups attached to an aromatic ring is 1. The maximum absolute atomic E-state index is 10.3. The first-order chi connectivity index (χ1) is 9.39. The number of phenols is 1. The lowest BCUT2D eigenvalue weighted by Gasteiger charge is -2.21. The molecule has 0 aliphatic carbocycles. The predicted molar refractivity (Wildman–Crippen MR) is 84.9 cm³/mol. The zero-order valence-electron chi connectivity index (χ0n) is 12.1. The second-order valence-electron chi connectivity index (χ2n) is 5.81. The number of hydrogen-bond acceptors (Lipinski definition) is 3. The molecule has 0 fully saturated rings. The van der Waals surface area contributed by atoms with Gasteiger partial charge in [-0.05, 0) is 29.2 Å². The van der Waals surface area contributed by atoms with Gasteiger partial charge < -0.3 is 10.8 Å². The Labute approximate surface area is 119 Å². The van der Waals surface area contributed by atoms with E-state index in [2.05, 4.69) is 25.8 Å². The van der Waals surface area contributed by atoms with Gasteiger partial charge in [0.2, 0.25) is 0 Å². The first-order valence-electron chi connectivity index (χ1n) is 6.60. The van der Waals surface area contributed by atoms with E-state index in [0.717, 1.165) is 5.56 Å². The van der Waals surface area contributed by atoms with Gasteiger partial charge in [0.25, 0.3) is 0 Å². The van der Waals surface area contributed by atoms with E-state index in [1.54, 1.807) is 12.3 Å². The van der Waals surface area contributed by atoms with Gasteiger partial charge in [-0.25, -0.2) is 0 Å². The van der Waals surface area contributed by atoms with E-state index >= 15 is 0 Å². The molecule has 2 aromatic carbocycles. The van der Waals surface area contributed by atoms with Crippen LogP contribution >= 0.6 is 0 Å². The Morgan fingerprint density at radius 3 is 2.40 bits per heavy atom. The number of aromatic hydroxyl groups is 1. The molecule has 0 saturated heterocycles. The summed E-state index contributed by atoms with van der Waals surface area (Å²) in [6.45, 7) is 6.20. The molecule has 0 aliphatic heterocycles. The van der Waals surface area contributed by atoms with Crippen LogP contribution in [0.2, 0.25) is 0 Å². The molecule has 2 aromatic rings. The van der Waals surface area contributed by atoms with Crippen molar-refractivity contribution in [1.82, 2.24) is 0 Å². The van der Waals surface area contributed by atoms with Crippen LogP contribution in [0, 0.1) is 0 Å². The summed E-state index contributed by atoms with van der Waals surface area (Å²) in [6.07, 6.45) is 1.65. The normalized spacial score (nSPS) is 11.9. The van der Waals surface area contributed by atoms with Gasteiger partial charge in [-0.3, -0.25) is 4.99 Å². The minimum atomic E-state index is -0.111. The molecule has 0 atom stereocenters. The Morgan fingerprint density at radius 2 is 1.75 bits per heavy atom. The van der Waals surface area contributed by atoms with Gasteiger partial charge in [0.05, 0.1) is 11.4 Å². The first kappa shape index (κ1) is 14.1. The van der Waals surface area contributed by atoms with Crippen LogP contribution in [0.4, 0.5) is 11.4 Å². The van der Waals surface area contributed by atoms with Crippen molar-refractivity contribution >= 4 is 17.6 Å². The van der Waals surface area contributed by atoms with Crippen LogP contribution < -0.4 is 5.73 Å². The number of nitrogens with two attached hydrogens (primary N) is 1. The van der Waals surface area contributed by atoms with E-state index in [1.165, 1.54) is 0 Å². The maximum Gasteiger partial charge on any atom is 0.128 e. The predicted octanol–water partition coefficient (Wildman–Crippen LogP) is 4.02. The maximum atomic E-state index is 10.3. The van der Waals surface area contributed by atoms with Crippen molar-refractivity contribution in [1.29, 1.82) is 0 Å². The Bertz CT molecular complexity index is 640. The van der Waals surface area contributed by atoms with E-state index < -0.39 is 0 Å². The molecule has 0 saturated carbocycles. The number of hydrogen-bond donors (Lipinski definition) is 2. The standard InChI is InChI=1S/C17H20N2O/c1-17(2,3)13-8-6-7-12(16(13)20)11-19-15-10-5-4-9-14(15)18/h4-11,20H,18H2,1-3H3. The van der Waals surface area contributed by atoms with Crippen molar-refractivity contribution in [3.8, 4) is 5.75 Å². The summed E-state index contributed by atoms with van der Waals surface area (Å²) in [5.41, 5.74) is 8.66. The molecule has 0 unspecified atom stereocenters. The van der Waals surface area contributed by atoms with Crippen molar-refractivity contribution in [2.24, 2.45) is 4.99 Å². The number of rotatable bonds is 2. The van der Waals surface area contributed by atoms with Gasteiger partial charge in [-0.15, -0.1) is 0 Å². The minimum Gasteiger partial charge on any atom is -0.507 e. The number of nitrogens with zero attached hydrogens (tertiary/aromatic N) is 1. The first-order valence-corrected chi connectivity index (χ1v) is 6.60. The van der Waals surface area contributed by atoms with Crippen LogP contribution in [0.15, 0.2) is 47.5 Å². The van der Waals surface area contributed by atoms with Crippen molar-refractivity contribution in [2.75, 3.05) is 5.73 Å². The highest BCUT2D eigenvalue weighted by Crippen LogP contribution is 2.32. The molecule has 0 aliphatic rings. The lowest BCUT2D eigenvalue weighted by atomic mass is 9.85. The second-order valence-corrected chi connectivity index (χ2v) is 5.81. The molecule has 0 radical (unpaired) electrons. The van der Waals surface area contributed by atoms with Crippen LogP contribution in [-0.2, 0) is 5.41 Å². The van der Waals surface area contributed by atoms with Crippen molar-refractivity contribution in [3.63, 3.8) is 0 Å². The van der Waals surface area contributed by atoms with Gasteiger partial charge in [0, 0.05) is 11.8 Å². The van der Waals surface area contributed by atoms with E-state index in [9.17, 15) is 5.11 Å². The smallest absolute Gasteiger partial charge is 0.128 e. The fourth-order valence-electron chi connectivity index (χ4n) is 2.01.